The van der Waals surface area contributed by atoms with Gasteiger partial charge in [0.25, 0.3) is 0 Å². The minimum atomic E-state index is -0.480. The molecule has 8 nitrogen and oxygen atoms in total. The van der Waals surface area contributed by atoms with E-state index in [0.717, 1.165) is 58.6 Å². The van der Waals surface area contributed by atoms with Crippen molar-refractivity contribution in [2.45, 2.75) is 97.4 Å². The average Bonchev–Trinajstić information content (AvgIpc) is 3.59. The summed E-state index contributed by atoms with van der Waals surface area (Å²) in [5.74, 6) is 1.59. The second kappa shape index (κ2) is 14.8. The molecule has 2 unspecified atom stereocenters. The van der Waals surface area contributed by atoms with Gasteiger partial charge in [0, 0.05) is 70.4 Å². The maximum Gasteiger partial charge on any atom is 0.410 e. The van der Waals surface area contributed by atoms with Gasteiger partial charge in [0.15, 0.2) is 0 Å². The molecule has 42 heavy (non-hydrogen) atoms. The van der Waals surface area contributed by atoms with Gasteiger partial charge >= 0.3 is 12.2 Å². The fourth-order valence-corrected chi connectivity index (χ4v) is 9.30. The molecule has 0 bridgehead atoms. The standard InChI is InChI=1S/C30H42N4O4S4/c1-29(2,3)37-27(35)33-15-11-21(17-33)39-19-23-25(9-7-13-31-23)41-42-26-10-8-14-32-24(26)20-40-22-12-16-34(18-22)28(36)38-30(4,5)6/h7-10,13-14,21-22H,11-12,15-20H2,1-6H3. The van der Waals surface area contributed by atoms with Crippen molar-refractivity contribution < 1.29 is 19.1 Å². The molecule has 2 saturated heterocycles. The van der Waals surface area contributed by atoms with Crippen molar-refractivity contribution in [3.63, 3.8) is 0 Å². The summed E-state index contributed by atoms with van der Waals surface area (Å²) < 4.78 is 11.1. The van der Waals surface area contributed by atoms with Crippen LogP contribution in [-0.2, 0) is 21.0 Å². The van der Waals surface area contributed by atoms with Gasteiger partial charge in [0.05, 0.1) is 11.4 Å². The van der Waals surface area contributed by atoms with Crippen molar-refractivity contribution in [1.29, 1.82) is 0 Å². The van der Waals surface area contributed by atoms with Gasteiger partial charge in [-0.25, -0.2) is 9.59 Å². The average molecular weight is 651 g/mol. The van der Waals surface area contributed by atoms with Gasteiger partial charge < -0.3 is 19.3 Å². The molecule has 2 aliphatic rings. The van der Waals surface area contributed by atoms with E-state index in [-0.39, 0.29) is 12.2 Å². The normalized spacial score (nSPS) is 19.3. The summed E-state index contributed by atoms with van der Waals surface area (Å²) in [6, 6.07) is 8.20. The summed E-state index contributed by atoms with van der Waals surface area (Å²) in [7, 11) is 3.43. The van der Waals surface area contributed by atoms with E-state index in [1.165, 1.54) is 0 Å². The second-order valence-electron chi connectivity index (χ2n) is 12.4. The Hall–Kier alpha value is -1.76. The summed E-state index contributed by atoms with van der Waals surface area (Å²) in [6.45, 7) is 14.3. The van der Waals surface area contributed by atoms with Gasteiger partial charge in [-0.1, -0.05) is 21.6 Å². The summed E-state index contributed by atoms with van der Waals surface area (Å²) in [4.78, 5) is 40.2. The highest BCUT2D eigenvalue weighted by Gasteiger charge is 2.31. The van der Waals surface area contributed by atoms with E-state index >= 15 is 0 Å². The Labute approximate surface area is 266 Å². The Morgan fingerprint density at radius 1 is 0.762 bits per heavy atom. The number of carbonyl (C=O) groups excluding carboxylic acids is 2. The molecule has 4 heterocycles. The molecule has 2 aromatic rings. The Kier molecular flexibility index (Phi) is 11.7. The van der Waals surface area contributed by atoms with Gasteiger partial charge in [0.1, 0.15) is 11.2 Å². The highest BCUT2D eigenvalue weighted by molar-refractivity contribution is 8.76. The SMILES string of the molecule is CC(C)(C)OC(=O)N1CCC(SCc2ncccc2SSc2cccnc2CSC2CCN(C(=O)OC(C)(C)C)C2)C1. The van der Waals surface area contributed by atoms with Gasteiger partial charge in [-0.3, -0.25) is 9.97 Å². The van der Waals surface area contributed by atoms with Crippen LogP contribution in [0.3, 0.4) is 0 Å². The van der Waals surface area contributed by atoms with Crippen LogP contribution in [0.15, 0.2) is 46.5 Å². The predicted octanol–water partition coefficient (Wildman–Crippen LogP) is 7.76. The molecule has 2 aliphatic heterocycles. The molecule has 2 amide bonds. The maximum atomic E-state index is 12.4. The highest BCUT2D eigenvalue weighted by atomic mass is 33.1. The van der Waals surface area contributed by atoms with E-state index in [9.17, 15) is 9.59 Å². The lowest BCUT2D eigenvalue weighted by Gasteiger charge is -2.24. The first-order valence-corrected chi connectivity index (χ1v) is 18.5. The first-order chi connectivity index (χ1) is 19.9. The molecule has 12 heteroatoms. The van der Waals surface area contributed by atoms with Crippen LogP contribution in [-0.4, -0.2) is 79.8 Å². The Balaban J connectivity index is 1.26. The summed E-state index contributed by atoms with van der Waals surface area (Å²) >= 11 is 3.71. The first kappa shape index (κ1) is 33.1. The third-order valence-corrected chi connectivity index (χ3v) is 11.5. The molecule has 4 rings (SSSR count). The van der Waals surface area contributed by atoms with Crippen LogP contribution in [0.1, 0.15) is 65.8 Å². The first-order valence-electron chi connectivity index (χ1n) is 14.3. The Morgan fingerprint density at radius 3 is 1.55 bits per heavy atom. The number of thioether (sulfide) groups is 2. The fourth-order valence-electron chi connectivity index (χ4n) is 4.41. The topological polar surface area (TPSA) is 84.9 Å². The Bertz CT molecular complexity index is 1130. The molecular formula is C30H42N4O4S4. The van der Waals surface area contributed by atoms with Crippen LogP contribution in [0.2, 0.25) is 0 Å². The van der Waals surface area contributed by atoms with E-state index in [4.69, 9.17) is 9.47 Å². The minimum Gasteiger partial charge on any atom is -0.444 e. The third kappa shape index (κ3) is 10.4. The minimum absolute atomic E-state index is 0.227. The quantitative estimate of drug-likeness (QED) is 0.251. The molecule has 0 aromatic carbocycles. The Morgan fingerprint density at radius 2 is 1.17 bits per heavy atom. The van der Waals surface area contributed by atoms with Crippen molar-refractivity contribution in [3.8, 4) is 0 Å². The van der Waals surface area contributed by atoms with E-state index in [1.54, 1.807) is 21.6 Å². The molecule has 2 fully saturated rings. The number of rotatable bonds is 9. The number of likely N-dealkylation sites (tertiary alicyclic amines) is 2. The molecule has 230 valence electrons. The number of aromatic nitrogens is 2. The number of hydrogen-bond donors (Lipinski definition) is 0. The zero-order valence-corrected chi connectivity index (χ0v) is 28.6. The van der Waals surface area contributed by atoms with Crippen LogP contribution in [0.5, 0.6) is 0 Å². The monoisotopic (exact) mass is 650 g/mol. The van der Waals surface area contributed by atoms with Crippen LogP contribution < -0.4 is 0 Å². The van der Waals surface area contributed by atoms with Crippen LogP contribution in [0, 0.1) is 0 Å². The summed E-state index contributed by atoms with van der Waals surface area (Å²) in [6.07, 6.45) is 5.16. The van der Waals surface area contributed by atoms with Crippen molar-refractivity contribution in [3.05, 3.63) is 48.0 Å². The molecule has 2 aromatic heterocycles. The van der Waals surface area contributed by atoms with E-state index < -0.39 is 11.2 Å². The number of amides is 2. The number of ether oxygens (including phenoxy) is 2. The van der Waals surface area contributed by atoms with Crippen LogP contribution >= 0.6 is 45.1 Å². The molecule has 0 radical (unpaired) electrons. The van der Waals surface area contributed by atoms with Gasteiger partial charge in [-0.15, -0.1) is 0 Å². The van der Waals surface area contributed by atoms with Crippen LogP contribution in [0.4, 0.5) is 9.59 Å². The third-order valence-electron chi connectivity index (χ3n) is 6.42. The smallest absolute Gasteiger partial charge is 0.410 e. The van der Waals surface area contributed by atoms with Gasteiger partial charge in [0.2, 0.25) is 0 Å². The highest BCUT2D eigenvalue weighted by Crippen LogP contribution is 2.42. The van der Waals surface area contributed by atoms with E-state index in [2.05, 4.69) is 22.1 Å². The maximum absolute atomic E-state index is 12.4. The van der Waals surface area contributed by atoms with Crippen molar-refractivity contribution in [1.82, 2.24) is 19.8 Å². The number of pyridine rings is 2. The molecule has 0 N–H and O–H groups in total. The molecule has 2 atom stereocenters. The lowest BCUT2D eigenvalue weighted by atomic mass is 10.2. The van der Waals surface area contributed by atoms with Crippen molar-refractivity contribution in [2.75, 3.05) is 26.2 Å². The predicted molar refractivity (Wildman–Crippen MR) is 175 cm³/mol. The zero-order chi connectivity index (χ0) is 30.3. The summed E-state index contributed by atoms with van der Waals surface area (Å²) in [5, 5.41) is 0.739. The van der Waals surface area contributed by atoms with Crippen molar-refractivity contribution in [2.24, 2.45) is 0 Å². The fraction of sp³-hybridized carbons (Fsp3) is 0.600. The molecular weight excluding hydrogens is 609 g/mol. The van der Waals surface area contributed by atoms with Crippen LogP contribution in [0.25, 0.3) is 0 Å². The van der Waals surface area contributed by atoms with Gasteiger partial charge in [-0.2, -0.15) is 23.5 Å². The second-order valence-corrected chi connectivity index (χ2v) is 17.1. The molecule has 0 saturated carbocycles. The number of carbonyl (C=O) groups is 2. The van der Waals surface area contributed by atoms with Gasteiger partial charge in [-0.05, 0) is 78.6 Å². The summed E-state index contributed by atoms with van der Waals surface area (Å²) in [5.41, 5.74) is 1.16. The largest absolute Gasteiger partial charge is 0.444 e. The van der Waals surface area contributed by atoms with E-state index in [0.29, 0.717) is 23.6 Å². The van der Waals surface area contributed by atoms with Crippen molar-refractivity contribution >= 4 is 57.3 Å². The van der Waals surface area contributed by atoms with E-state index in [1.807, 2.05) is 99.4 Å². The zero-order valence-electron chi connectivity index (χ0n) is 25.3. The lowest BCUT2D eigenvalue weighted by molar-refractivity contribution is 0.0285. The molecule has 0 spiro atoms. The lowest BCUT2D eigenvalue weighted by Crippen LogP contribution is -2.35. The number of nitrogens with zero attached hydrogens (tertiary/aromatic N) is 4. The number of hydrogen-bond acceptors (Lipinski definition) is 10. The molecule has 0 aliphatic carbocycles.